The van der Waals surface area contributed by atoms with E-state index < -0.39 is 18.5 Å². The minimum Gasteiger partial charge on any atom is -0.479 e. The van der Waals surface area contributed by atoms with Gasteiger partial charge in [-0.05, 0) is 12.1 Å². The number of carbonyl (C=O) groups excluding carboxylic acids is 1. The van der Waals surface area contributed by atoms with Gasteiger partial charge in [0.1, 0.15) is 11.8 Å². The summed E-state index contributed by atoms with van der Waals surface area (Å²) in [7, 11) is 0. The zero-order valence-electron chi connectivity index (χ0n) is 8.01. The first-order valence-corrected chi connectivity index (χ1v) is 4.13. The average molecular weight is 221 g/mol. The van der Waals surface area contributed by atoms with Gasteiger partial charge in [0.25, 0.3) is 5.91 Å². The highest BCUT2D eigenvalue weighted by Crippen LogP contribution is 1.98. The van der Waals surface area contributed by atoms with Crippen LogP contribution in [0.3, 0.4) is 0 Å². The molecule has 7 nitrogen and oxygen atoms in total. The van der Waals surface area contributed by atoms with E-state index in [0.717, 1.165) is 0 Å². The van der Waals surface area contributed by atoms with Crippen LogP contribution in [0.4, 0.5) is 0 Å². The molecule has 82 valence electrons. The largest absolute Gasteiger partial charge is 0.479 e. The van der Waals surface area contributed by atoms with E-state index in [-0.39, 0.29) is 5.69 Å². The van der Waals surface area contributed by atoms with Crippen LogP contribution in [0.15, 0.2) is 18.3 Å². The molecule has 1 rings (SSSR count). The molecule has 7 heteroatoms. The Kier molecular flexibility index (Phi) is 3.94. The summed E-state index contributed by atoms with van der Waals surface area (Å²) in [6, 6.07) is 4.60. The first-order chi connectivity index (χ1) is 7.63. The number of amides is 1. The van der Waals surface area contributed by atoms with Gasteiger partial charge in [-0.25, -0.2) is 15.3 Å². The minimum atomic E-state index is -1.20. The molecule has 0 fully saturated rings. The van der Waals surface area contributed by atoms with Crippen LogP contribution in [0.1, 0.15) is 16.1 Å². The third-order valence-electron chi connectivity index (χ3n) is 1.49. The third-order valence-corrected chi connectivity index (χ3v) is 1.49. The predicted molar refractivity (Wildman–Crippen MR) is 50.0 cm³/mol. The van der Waals surface area contributed by atoms with Crippen molar-refractivity contribution < 1.29 is 19.5 Å². The quantitative estimate of drug-likeness (QED) is 0.675. The molecule has 0 unspecified atom stereocenters. The van der Waals surface area contributed by atoms with Crippen molar-refractivity contribution in [1.29, 1.82) is 5.26 Å². The zero-order valence-corrected chi connectivity index (χ0v) is 8.01. The van der Waals surface area contributed by atoms with Crippen LogP contribution in [-0.2, 0) is 9.63 Å². The average Bonchev–Trinajstić information content (AvgIpc) is 2.28. The van der Waals surface area contributed by atoms with Crippen molar-refractivity contribution in [2.75, 3.05) is 6.61 Å². The Balaban J connectivity index is 2.53. The number of aromatic nitrogens is 1. The molecule has 0 aromatic carbocycles. The number of nitrogens with zero attached hydrogens (tertiary/aromatic N) is 2. The van der Waals surface area contributed by atoms with Gasteiger partial charge in [-0.2, -0.15) is 5.26 Å². The predicted octanol–water partition coefficient (Wildman–Crippen LogP) is -0.301. The molecule has 0 aliphatic carbocycles. The first-order valence-electron chi connectivity index (χ1n) is 4.13. The molecule has 0 saturated carbocycles. The molecular formula is C9H7N3O4. The molecule has 1 amide bonds. The van der Waals surface area contributed by atoms with E-state index in [1.54, 1.807) is 0 Å². The smallest absolute Gasteiger partial charge is 0.332 e. The molecule has 1 heterocycles. The Bertz CT molecular complexity index is 435. The topological polar surface area (TPSA) is 112 Å². The number of carbonyl (C=O) groups is 2. The van der Waals surface area contributed by atoms with Crippen molar-refractivity contribution in [3.8, 4) is 6.07 Å². The Morgan fingerprint density at radius 2 is 2.31 bits per heavy atom. The fourth-order valence-electron chi connectivity index (χ4n) is 0.810. The molecule has 0 aliphatic heterocycles. The van der Waals surface area contributed by atoms with Gasteiger partial charge < -0.3 is 5.11 Å². The van der Waals surface area contributed by atoms with Gasteiger partial charge >= 0.3 is 5.97 Å². The molecule has 0 bridgehead atoms. The molecule has 0 atom stereocenters. The van der Waals surface area contributed by atoms with E-state index in [4.69, 9.17) is 10.4 Å². The maximum atomic E-state index is 11.3. The van der Waals surface area contributed by atoms with E-state index in [1.807, 2.05) is 11.5 Å². The van der Waals surface area contributed by atoms with Crippen molar-refractivity contribution >= 4 is 11.9 Å². The lowest BCUT2D eigenvalue weighted by Gasteiger charge is -2.02. The standard InChI is InChI=1S/C9H7N3O4/c10-3-6-1-2-7(11-4-6)9(15)12-16-5-8(13)14/h1-2,4H,5H2,(H,12,15)(H,13,14). The van der Waals surface area contributed by atoms with Crippen LogP contribution < -0.4 is 5.48 Å². The summed E-state index contributed by atoms with van der Waals surface area (Å²) in [6.45, 7) is -0.637. The van der Waals surface area contributed by atoms with Crippen molar-refractivity contribution in [3.63, 3.8) is 0 Å². The summed E-state index contributed by atoms with van der Waals surface area (Å²) in [5.41, 5.74) is 2.26. The number of hydroxylamine groups is 1. The lowest BCUT2D eigenvalue weighted by molar-refractivity contribution is -0.144. The van der Waals surface area contributed by atoms with Gasteiger partial charge in [-0.3, -0.25) is 9.63 Å². The number of hydrogen-bond acceptors (Lipinski definition) is 5. The van der Waals surface area contributed by atoms with E-state index in [1.165, 1.54) is 18.3 Å². The summed E-state index contributed by atoms with van der Waals surface area (Å²) in [6.07, 6.45) is 1.23. The van der Waals surface area contributed by atoms with Gasteiger partial charge in [0.2, 0.25) is 0 Å². The van der Waals surface area contributed by atoms with Gasteiger partial charge in [-0.15, -0.1) is 0 Å². The number of carboxylic acids is 1. The normalized spacial score (nSPS) is 9.19. The lowest BCUT2D eigenvalue weighted by Crippen LogP contribution is -2.27. The molecule has 0 aliphatic rings. The van der Waals surface area contributed by atoms with Crippen molar-refractivity contribution in [2.45, 2.75) is 0 Å². The van der Waals surface area contributed by atoms with Crippen LogP contribution >= 0.6 is 0 Å². The zero-order chi connectivity index (χ0) is 12.0. The number of pyridine rings is 1. The van der Waals surface area contributed by atoms with Gasteiger partial charge in [0.05, 0.1) is 5.56 Å². The van der Waals surface area contributed by atoms with E-state index >= 15 is 0 Å². The fraction of sp³-hybridized carbons (Fsp3) is 0.111. The number of rotatable bonds is 4. The summed E-state index contributed by atoms with van der Waals surface area (Å²) in [5, 5.41) is 16.7. The van der Waals surface area contributed by atoms with Crippen LogP contribution in [-0.4, -0.2) is 28.6 Å². The maximum absolute atomic E-state index is 11.3. The number of nitriles is 1. The van der Waals surface area contributed by atoms with Crippen LogP contribution in [0.25, 0.3) is 0 Å². The summed E-state index contributed by atoms with van der Waals surface area (Å²) in [5.74, 6) is -1.88. The molecule has 0 spiro atoms. The van der Waals surface area contributed by atoms with Gasteiger partial charge in [0.15, 0.2) is 6.61 Å². The highest BCUT2D eigenvalue weighted by atomic mass is 16.7. The van der Waals surface area contributed by atoms with Crippen molar-refractivity contribution in [2.24, 2.45) is 0 Å². The summed E-state index contributed by atoms with van der Waals surface area (Å²) >= 11 is 0. The Labute approximate surface area is 90.2 Å². The molecule has 0 saturated heterocycles. The van der Waals surface area contributed by atoms with Gasteiger partial charge in [0, 0.05) is 6.20 Å². The number of aliphatic carboxylic acids is 1. The fourth-order valence-corrected chi connectivity index (χ4v) is 0.810. The Morgan fingerprint density at radius 3 is 2.81 bits per heavy atom. The van der Waals surface area contributed by atoms with Crippen LogP contribution in [0.2, 0.25) is 0 Å². The first kappa shape index (κ1) is 11.6. The Morgan fingerprint density at radius 1 is 1.56 bits per heavy atom. The highest BCUT2D eigenvalue weighted by Gasteiger charge is 2.07. The van der Waals surface area contributed by atoms with Crippen molar-refractivity contribution in [1.82, 2.24) is 10.5 Å². The third kappa shape index (κ3) is 3.36. The maximum Gasteiger partial charge on any atom is 0.332 e. The molecule has 16 heavy (non-hydrogen) atoms. The molecule has 1 aromatic heterocycles. The Hall–Kier alpha value is -2.46. The molecule has 1 aromatic rings. The minimum absolute atomic E-state index is 0.0318. The summed E-state index contributed by atoms with van der Waals surface area (Å²) < 4.78 is 0. The molecule has 2 N–H and O–H groups in total. The monoisotopic (exact) mass is 221 g/mol. The van der Waals surface area contributed by atoms with Gasteiger partial charge in [-0.1, -0.05) is 0 Å². The lowest BCUT2D eigenvalue weighted by atomic mass is 10.2. The van der Waals surface area contributed by atoms with Crippen molar-refractivity contribution in [3.05, 3.63) is 29.6 Å². The number of carboxylic acid groups (broad SMARTS) is 1. The second kappa shape index (κ2) is 5.43. The molecular weight excluding hydrogens is 214 g/mol. The van der Waals surface area contributed by atoms with E-state index in [9.17, 15) is 9.59 Å². The second-order valence-electron chi connectivity index (χ2n) is 2.66. The second-order valence-corrected chi connectivity index (χ2v) is 2.66. The van der Waals surface area contributed by atoms with Crippen LogP contribution in [0.5, 0.6) is 0 Å². The summed E-state index contributed by atoms with van der Waals surface area (Å²) in [4.78, 5) is 29.4. The highest BCUT2D eigenvalue weighted by molar-refractivity contribution is 5.91. The van der Waals surface area contributed by atoms with E-state index in [0.29, 0.717) is 5.56 Å². The number of hydrogen-bond donors (Lipinski definition) is 2. The van der Waals surface area contributed by atoms with Crippen LogP contribution in [0, 0.1) is 11.3 Å². The molecule has 0 radical (unpaired) electrons. The SMILES string of the molecule is N#Cc1ccc(C(=O)NOCC(=O)O)nc1. The van der Waals surface area contributed by atoms with E-state index in [2.05, 4.69) is 9.82 Å². The number of nitrogens with one attached hydrogen (secondary N) is 1.